The molecule has 1 aromatic rings. The van der Waals surface area contributed by atoms with Crippen molar-refractivity contribution in [3.05, 3.63) is 34.3 Å². The highest BCUT2D eigenvalue weighted by Gasteiger charge is 2.63. The molecule has 1 aromatic carbocycles. The molecular weight excluding hydrogens is 427 g/mol. The maximum Gasteiger partial charge on any atom is 0.0857 e. The SMILES string of the molecule is CC1(C)C2CCC(C2)C1(CI)OCc1ccc(Br)cc1. The van der Waals surface area contributed by atoms with Gasteiger partial charge in [0.15, 0.2) is 0 Å². The van der Waals surface area contributed by atoms with Crippen LogP contribution in [0, 0.1) is 17.3 Å². The van der Waals surface area contributed by atoms with Crippen LogP contribution in [0.2, 0.25) is 0 Å². The molecular formula is C17H22BrIO. The lowest BCUT2D eigenvalue weighted by molar-refractivity contribution is -0.144. The Labute approximate surface area is 144 Å². The number of fused-ring (bicyclic) bond motifs is 2. The Morgan fingerprint density at radius 3 is 2.40 bits per heavy atom. The Hall–Kier alpha value is 0.390. The number of benzene rings is 1. The van der Waals surface area contributed by atoms with E-state index in [9.17, 15) is 0 Å². The number of ether oxygens (including phenoxy) is 1. The first-order valence-corrected chi connectivity index (χ1v) is 9.76. The monoisotopic (exact) mass is 448 g/mol. The summed E-state index contributed by atoms with van der Waals surface area (Å²) in [5.41, 5.74) is 1.66. The van der Waals surface area contributed by atoms with Gasteiger partial charge in [0.05, 0.1) is 12.2 Å². The zero-order chi connectivity index (χ0) is 14.4. The van der Waals surface area contributed by atoms with Crippen molar-refractivity contribution in [3.8, 4) is 0 Å². The Morgan fingerprint density at radius 2 is 1.85 bits per heavy atom. The lowest BCUT2D eigenvalue weighted by Gasteiger charge is -2.48. The van der Waals surface area contributed by atoms with E-state index in [4.69, 9.17) is 4.74 Å². The smallest absolute Gasteiger partial charge is 0.0857 e. The molecule has 0 saturated heterocycles. The summed E-state index contributed by atoms with van der Waals surface area (Å²) < 4.78 is 8.83. The second kappa shape index (κ2) is 5.54. The van der Waals surface area contributed by atoms with Crippen LogP contribution in [0.3, 0.4) is 0 Å². The van der Waals surface area contributed by atoms with Gasteiger partial charge in [-0.3, -0.25) is 0 Å². The highest BCUT2D eigenvalue weighted by Crippen LogP contribution is 2.63. The van der Waals surface area contributed by atoms with Crippen molar-refractivity contribution in [2.75, 3.05) is 4.43 Å². The lowest BCUT2D eigenvalue weighted by Crippen LogP contribution is -2.52. The third-order valence-corrected chi connectivity index (χ3v) is 7.47. The molecule has 110 valence electrons. The maximum absolute atomic E-state index is 6.59. The Bertz CT molecular complexity index is 484. The summed E-state index contributed by atoms with van der Waals surface area (Å²) in [6.45, 7) is 5.59. The largest absolute Gasteiger partial charge is 0.369 e. The van der Waals surface area contributed by atoms with Gasteiger partial charge in [0.1, 0.15) is 0 Å². The van der Waals surface area contributed by atoms with Crippen LogP contribution in [0.5, 0.6) is 0 Å². The summed E-state index contributed by atoms with van der Waals surface area (Å²) in [6.07, 6.45) is 4.13. The van der Waals surface area contributed by atoms with Gasteiger partial charge in [-0.1, -0.05) is 64.5 Å². The molecule has 0 radical (unpaired) electrons. The molecule has 2 saturated carbocycles. The van der Waals surface area contributed by atoms with Gasteiger partial charge in [-0.25, -0.2) is 0 Å². The van der Waals surface area contributed by atoms with E-state index in [-0.39, 0.29) is 5.60 Å². The average molecular weight is 449 g/mol. The van der Waals surface area contributed by atoms with Gasteiger partial charge < -0.3 is 4.74 Å². The van der Waals surface area contributed by atoms with E-state index in [1.54, 1.807) is 0 Å². The second-order valence-electron chi connectivity index (χ2n) is 6.87. The van der Waals surface area contributed by atoms with Crippen LogP contribution < -0.4 is 0 Å². The maximum atomic E-state index is 6.59. The summed E-state index contributed by atoms with van der Waals surface area (Å²) >= 11 is 6.03. The predicted octanol–water partition coefficient (Wildman–Crippen LogP) is 5.60. The first-order chi connectivity index (χ1) is 9.49. The van der Waals surface area contributed by atoms with Crippen molar-refractivity contribution >= 4 is 38.5 Å². The van der Waals surface area contributed by atoms with E-state index >= 15 is 0 Å². The van der Waals surface area contributed by atoms with Crippen molar-refractivity contribution in [1.82, 2.24) is 0 Å². The topological polar surface area (TPSA) is 9.23 Å². The van der Waals surface area contributed by atoms with Gasteiger partial charge >= 0.3 is 0 Å². The van der Waals surface area contributed by atoms with Gasteiger partial charge in [0.25, 0.3) is 0 Å². The van der Waals surface area contributed by atoms with Crippen LogP contribution in [0.1, 0.15) is 38.7 Å². The Balaban J connectivity index is 1.78. The summed E-state index contributed by atoms with van der Waals surface area (Å²) in [6, 6.07) is 8.51. The molecule has 3 heteroatoms. The molecule has 1 nitrogen and oxygen atoms in total. The highest BCUT2D eigenvalue weighted by molar-refractivity contribution is 14.1. The molecule has 20 heavy (non-hydrogen) atoms. The standard InChI is InChI=1S/C17H22BrIO/c1-16(2)13-5-6-14(9-13)17(16,11-19)20-10-12-3-7-15(18)8-4-12/h3-4,7-8,13-14H,5-6,9-11H2,1-2H3. The minimum Gasteiger partial charge on any atom is -0.369 e. The molecule has 0 aliphatic heterocycles. The fourth-order valence-corrected chi connectivity index (χ4v) is 6.44. The van der Waals surface area contributed by atoms with E-state index < -0.39 is 0 Å². The summed E-state index contributed by atoms with van der Waals surface area (Å²) in [7, 11) is 0. The molecule has 2 bridgehead atoms. The highest BCUT2D eigenvalue weighted by atomic mass is 127. The van der Waals surface area contributed by atoms with E-state index in [2.05, 4.69) is 76.6 Å². The molecule has 0 N–H and O–H groups in total. The Kier molecular flexibility index (Phi) is 4.24. The van der Waals surface area contributed by atoms with Crippen molar-refractivity contribution in [3.63, 3.8) is 0 Å². The number of alkyl halides is 1. The van der Waals surface area contributed by atoms with Gasteiger partial charge in [-0.15, -0.1) is 0 Å². The quantitative estimate of drug-likeness (QED) is 0.430. The molecule has 2 aliphatic carbocycles. The molecule has 2 fully saturated rings. The second-order valence-corrected chi connectivity index (χ2v) is 8.55. The third-order valence-electron chi connectivity index (χ3n) is 5.81. The average Bonchev–Trinajstić information content (AvgIpc) is 2.98. The molecule has 0 amide bonds. The van der Waals surface area contributed by atoms with Crippen LogP contribution in [0.15, 0.2) is 28.7 Å². The zero-order valence-corrected chi connectivity index (χ0v) is 15.9. The van der Waals surface area contributed by atoms with E-state index in [0.717, 1.165) is 27.3 Å². The first-order valence-electron chi connectivity index (χ1n) is 7.44. The van der Waals surface area contributed by atoms with E-state index in [1.165, 1.54) is 24.8 Å². The fraction of sp³-hybridized carbons (Fsp3) is 0.647. The third kappa shape index (κ3) is 2.28. The lowest BCUT2D eigenvalue weighted by atomic mass is 9.66. The zero-order valence-electron chi connectivity index (χ0n) is 12.2. The van der Waals surface area contributed by atoms with Crippen LogP contribution in [0.25, 0.3) is 0 Å². The van der Waals surface area contributed by atoms with Gasteiger partial charge in [0, 0.05) is 8.90 Å². The van der Waals surface area contributed by atoms with Crippen LogP contribution in [-0.4, -0.2) is 10.0 Å². The number of hydrogen-bond donors (Lipinski definition) is 0. The summed E-state index contributed by atoms with van der Waals surface area (Å²) in [5, 5.41) is 0. The van der Waals surface area contributed by atoms with Gasteiger partial charge in [-0.2, -0.15) is 0 Å². The Morgan fingerprint density at radius 1 is 1.20 bits per heavy atom. The number of rotatable bonds is 4. The normalized spacial score (nSPS) is 34.6. The summed E-state index contributed by atoms with van der Waals surface area (Å²) in [4.78, 5) is 0. The molecule has 0 aromatic heterocycles. The van der Waals surface area contributed by atoms with Crippen LogP contribution in [-0.2, 0) is 11.3 Å². The molecule has 0 spiro atoms. The molecule has 3 atom stereocenters. The van der Waals surface area contributed by atoms with Gasteiger partial charge in [-0.05, 0) is 54.2 Å². The van der Waals surface area contributed by atoms with E-state index in [1.807, 2.05) is 0 Å². The van der Waals surface area contributed by atoms with Crippen molar-refractivity contribution in [2.24, 2.45) is 17.3 Å². The van der Waals surface area contributed by atoms with Crippen molar-refractivity contribution in [1.29, 1.82) is 0 Å². The fourth-order valence-electron chi connectivity index (χ4n) is 4.35. The number of halogens is 2. The van der Waals surface area contributed by atoms with Gasteiger partial charge in [0.2, 0.25) is 0 Å². The minimum absolute atomic E-state index is 0.0730. The number of hydrogen-bond acceptors (Lipinski definition) is 1. The molecule has 3 unspecified atom stereocenters. The minimum atomic E-state index is 0.0730. The van der Waals surface area contributed by atoms with Crippen molar-refractivity contribution in [2.45, 2.75) is 45.3 Å². The summed E-state index contributed by atoms with van der Waals surface area (Å²) in [5.74, 6) is 1.61. The van der Waals surface area contributed by atoms with Crippen molar-refractivity contribution < 1.29 is 4.74 Å². The van der Waals surface area contributed by atoms with Crippen LogP contribution >= 0.6 is 38.5 Å². The predicted molar refractivity (Wildman–Crippen MR) is 95.2 cm³/mol. The first kappa shape index (κ1) is 15.3. The molecule has 0 heterocycles. The van der Waals surface area contributed by atoms with Crippen LogP contribution in [0.4, 0.5) is 0 Å². The molecule has 2 aliphatic rings. The molecule has 3 rings (SSSR count). The van der Waals surface area contributed by atoms with E-state index in [0.29, 0.717) is 5.41 Å².